The van der Waals surface area contributed by atoms with Crippen molar-refractivity contribution >= 4 is 11.3 Å². The number of rotatable bonds is 5. The van der Waals surface area contributed by atoms with Gasteiger partial charge in [-0.2, -0.15) is 0 Å². The van der Waals surface area contributed by atoms with Crippen molar-refractivity contribution in [3.63, 3.8) is 0 Å². The predicted octanol–water partition coefficient (Wildman–Crippen LogP) is 2.01. The van der Waals surface area contributed by atoms with Crippen LogP contribution in [0.3, 0.4) is 0 Å². The molecule has 0 aliphatic heterocycles. The van der Waals surface area contributed by atoms with Gasteiger partial charge in [-0.15, -0.1) is 11.3 Å². The van der Waals surface area contributed by atoms with E-state index in [1.165, 1.54) is 4.88 Å². The first-order valence-electron chi connectivity index (χ1n) is 5.33. The molecule has 0 bridgehead atoms. The summed E-state index contributed by atoms with van der Waals surface area (Å²) in [6.07, 6.45) is 1.07. The van der Waals surface area contributed by atoms with Crippen LogP contribution < -0.4 is 5.73 Å². The molecule has 86 valence electrons. The lowest BCUT2D eigenvalue weighted by atomic mass is 9.97. The average molecular weight is 227 g/mol. The van der Waals surface area contributed by atoms with Crippen LogP contribution in [0.15, 0.2) is 5.51 Å². The zero-order valence-electron chi connectivity index (χ0n) is 10.1. The summed E-state index contributed by atoms with van der Waals surface area (Å²) in [5, 5.41) is 0. The van der Waals surface area contributed by atoms with Crippen LogP contribution in [0.5, 0.6) is 0 Å². The highest BCUT2D eigenvalue weighted by atomic mass is 32.1. The quantitative estimate of drug-likeness (QED) is 0.836. The van der Waals surface area contributed by atoms with E-state index >= 15 is 0 Å². The summed E-state index contributed by atoms with van der Waals surface area (Å²) < 4.78 is 0. The van der Waals surface area contributed by atoms with Gasteiger partial charge in [0.25, 0.3) is 0 Å². The van der Waals surface area contributed by atoms with Crippen molar-refractivity contribution in [2.24, 2.45) is 5.73 Å². The van der Waals surface area contributed by atoms with Crippen LogP contribution in [0.1, 0.15) is 30.8 Å². The maximum Gasteiger partial charge on any atom is 0.0798 e. The van der Waals surface area contributed by atoms with E-state index in [0.717, 1.165) is 18.7 Å². The summed E-state index contributed by atoms with van der Waals surface area (Å²) in [5.41, 5.74) is 8.97. The van der Waals surface area contributed by atoms with Crippen LogP contribution in [0.25, 0.3) is 0 Å². The van der Waals surface area contributed by atoms with Crippen molar-refractivity contribution in [2.45, 2.75) is 39.3 Å². The lowest BCUT2D eigenvalue weighted by Gasteiger charge is -2.37. The van der Waals surface area contributed by atoms with E-state index in [4.69, 9.17) is 5.73 Å². The van der Waals surface area contributed by atoms with Crippen LogP contribution in [-0.2, 0) is 6.54 Å². The van der Waals surface area contributed by atoms with Crippen LogP contribution in [0.4, 0.5) is 0 Å². The normalized spacial score (nSPS) is 15.6. The third-order valence-electron chi connectivity index (χ3n) is 3.35. The van der Waals surface area contributed by atoms with Gasteiger partial charge < -0.3 is 5.73 Å². The molecule has 1 aromatic heterocycles. The maximum atomic E-state index is 5.83. The van der Waals surface area contributed by atoms with Crippen molar-refractivity contribution < 1.29 is 0 Å². The van der Waals surface area contributed by atoms with Gasteiger partial charge in [0.05, 0.1) is 11.2 Å². The van der Waals surface area contributed by atoms with E-state index in [2.05, 4.69) is 37.7 Å². The monoisotopic (exact) mass is 227 g/mol. The smallest absolute Gasteiger partial charge is 0.0798 e. The molecular formula is C11H21N3S. The minimum Gasteiger partial charge on any atom is -0.329 e. The van der Waals surface area contributed by atoms with Gasteiger partial charge in [-0.3, -0.25) is 4.90 Å². The second kappa shape index (κ2) is 5.05. The molecule has 0 aliphatic carbocycles. The first-order chi connectivity index (χ1) is 7.03. The highest BCUT2D eigenvalue weighted by Gasteiger charge is 2.26. The first-order valence-corrected chi connectivity index (χ1v) is 6.21. The van der Waals surface area contributed by atoms with Gasteiger partial charge in [-0.1, -0.05) is 6.92 Å². The fourth-order valence-electron chi connectivity index (χ4n) is 1.45. The zero-order chi connectivity index (χ0) is 11.5. The summed E-state index contributed by atoms with van der Waals surface area (Å²) >= 11 is 1.72. The molecule has 2 N–H and O–H groups in total. The van der Waals surface area contributed by atoms with E-state index < -0.39 is 0 Å². The number of hydrogen-bond acceptors (Lipinski definition) is 4. The third-order valence-corrected chi connectivity index (χ3v) is 4.27. The molecule has 1 rings (SSSR count). The Morgan fingerprint density at radius 2 is 2.27 bits per heavy atom. The van der Waals surface area contributed by atoms with E-state index in [-0.39, 0.29) is 5.54 Å². The number of nitrogens with two attached hydrogens (primary N) is 1. The molecule has 0 saturated heterocycles. The molecule has 1 atom stereocenters. The van der Waals surface area contributed by atoms with Gasteiger partial charge in [0, 0.05) is 23.5 Å². The lowest BCUT2D eigenvalue weighted by Crippen LogP contribution is -2.48. The molecular weight excluding hydrogens is 206 g/mol. The Bertz CT molecular complexity index is 305. The molecule has 0 spiro atoms. The molecule has 0 radical (unpaired) electrons. The largest absolute Gasteiger partial charge is 0.329 e. The Morgan fingerprint density at radius 1 is 1.60 bits per heavy atom. The minimum atomic E-state index is 0.0937. The molecule has 0 fully saturated rings. The van der Waals surface area contributed by atoms with Crippen molar-refractivity contribution in [1.82, 2.24) is 9.88 Å². The van der Waals surface area contributed by atoms with Gasteiger partial charge in [0.15, 0.2) is 0 Å². The van der Waals surface area contributed by atoms with Crippen molar-refractivity contribution in [3.05, 3.63) is 16.1 Å². The molecule has 0 amide bonds. The van der Waals surface area contributed by atoms with Gasteiger partial charge in [-0.05, 0) is 27.3 Å². The van der Waals surface area contributed by atoms with E-state index in [9.17, 15) is 0 Å². The average Bonchev–Trinajstić information content (AvgIpc) is 2.63. The predicted molar refractivity (Wildman–Crippen MR) is 66.1 cm³/mol. The van der Waals surface area contributed by atoms with Crippen molar-refractivity contribution in [1.29, 1.82) is 0 Å². The molecule has 1 unspecified atom stereocenters. The number of likely N-dealkylation sites (N-methyl/N-ethyl adjacent to an activating group) is 1. The van der Waals surface area contributed by atoms with Crippen LogP contribution in [-0.4, -0.2) is 29.0 Å². The molecule has 0 aliphatic rings. The molecule has 0 aromatic carbocycles. The van der Waals surface area contributed by atoms with Crippen LogP contribution in [0.2, 0.25) is 0 Å². The van der Waals surface area contributed by atoms with E-state index in [1.807, 2.05) is 5.51 Å². The molecule has 4 heteroatoms. The molecule has 1 heterocycles. The van der Waals surface area contributed by atoms with Gasteiger partial charge in [0.2, 0.25) is 0 Å². The minimum absolute atomic E-state index is 0.0937. The molecule has 3 nitrogen and oxygen atoms in total. The number of hydrogen-bond donors (Lipinski definition) is 1. The summed E-state index contributed by atoms with van der Waals surface area (Å²) in [4.78, 5) is 7.93. The topological polar surface area (TPSA) is 42.1 Å². The van der Waals surface area contributed by atoms with Crippen LogP contribution in [0, 0.1) is 6.92 Å². The Morgan fingerprint density at radius 3 is 2.67 bits per heavy atom. The summed E-state index contributed by atoms with van der Waals surface area (Å²) in [5.74, 6) is 0. The molecule has 0 saturated carbocycles. The van der Waals surface area contributed by atoms with Crippen molar-refractivity contribution in [3.8, 4) is 0 Å². The molecule has 1 aromatic rings. The number of aromatic nitrogens is 1. The lowest BCUT2D eigenvalue weighted by molar-refractivity contribution is 0.132. The Kier molecular flexibility index (Phi) is 4.25. The highest BCUT2D eigenvalue weighted by molar-refractivity contribution is 7.09. The summed E-state index contributed by atoms with van der Waals surface area (Å²) in [6.45, 7) is 8.09. The Balaban J connectivity index is 2.70. The van der Waals surface area contributed by atoms with E-state index in [0.29, 0.717) is 6.54 Å². The number of nitrogens with zero attached hydrogens (tertiary/aromatic N) is 2. The Labute approximate surface area is 96.3 Å². The first kappa shape index (κ1) is 12.6. The van der Waals surface area contributed by atoms with E-state index in [1.54, 1.807) is 11.3 Å². The van der Waals surface area contributed by atoms with Gasteiger partial charge in [0.1, 0.15) is 0 Å². The summed E-state index contributed by atoms with van der Waals surface area (Å²) in [7, 11) is 2.13. The Hall–Kier alpha value is -0.450. The van der Waals surface area contributed by atoms with Crippen molar-refractivity contribution in [2.75, 3.05) is 13.6 Å². The SMILES string of the molecule is CCC(C)(CN)N(C)Cc1scnc1C. The fourth-order valence-corrected chi connectivity index (χ4v) is 2.28. The number of aryl methyl sites for hydroxylation is 1. The second-order valence-corrected chi connectivity index (χ2v) is 5.21. The molecule has 15 heavy (non-hydrogen) atoms. The standard InChI is InChI=1S/C11H21N3S/c1-5-11(3,7-12)14(4)6-10-9(2)13-8-15-10/h8H,5-7,12H2,1-4H3. The van der Waals surface area contributed by atoms with Gasteiger partial charge >= 0.3 is 0 Å². The second-order valence-electron chi connectivity index (χ2n) is 4.27. The number of thiazole rings is 1. The fraction of sp³-hybridized carbons (Fsp3) is 0.727. The van der Waals surface area contributed by atoms with Crippen LogP contribution >= 0.6 is 11.3 Å². The third kappa shape index (κ3) is 2.77. The maximum absolute atomic E-state index is 5.83. The highest BCUT2D eigenvalue weighted by Crippen LogP contribution is 2.21. The zero-order valence-corrected chi connectivity index (χ0v) is 10.9. The van der Waals surface area contributed by atoms with Gasteiger partial charge in [-0.25, -0.2) is 4.98 Å². The summed E-state index contributed by atoms with van der Waals surface area (Å²) in [6, 6.07) is 0.